The van der Waals surface area contributed by atoms with Gasteiger partial charge in [-0.1, -0.05) is 33.4 Å². The van der Waals surface area contributed by atoms with Crippen LogP contribution in [0.15, 0.2) is 16.0 Å². The number of carbonyl (C=O) groups excluding carboxylic acids is 1. The van der Waals surface area contributed by atoms with Gasteiger partial charge >= 0.3 is 12.1 Å². The zero-order valence-corrected chi connectivity index (χ0v) is 22.5. The van der Waals surface area contributed by atoms with Crippen molar-refractivity contribution in [2.45, 2.75) is 43.4 Å². The predicted molar refractivity (Wildman–Crippen MR) is 139 cm³/mol. The van der Waals surface area contributed by atoms with Crippen LogP contribution in [0.4, 0.5) is 19.1 Å². The Morgan fingerprint density at radius 1 is 1.53 bits per heavy atom. The molecule has 11 nitrogen and oxygen atoms in total. The molecule has 1 amide bonds. The Hall–Kier alpha value is -2.71. The van der Waals surface area contributed by atoms with Crippen LogP contribution in [0.25, 0.3) is 11.0 Å². The number of carbonyl (C=O) groups is 1. The van der Waals surface area contributed by atoms with Gasteiger partial charge in [-0.05, 0) is 13.2 Å². The molecule has 3 rings (SSSR count). The first-order chi connectivity index (χ1) is 17.9. The average molecular weight is 577 g/mol. The van der Waals surface area contributed by atoms with E-state index in [4.69, 9.17) is 9.47 Å². The summed E-state index contributed by atoms with van der Waals surface area (Å²) in [5, 5.41) is 11.6. The van der Waals surface area contributed by atoms with Gasteiger partial charge in [0, 0.05) is 26.7 Å². The van der Waals surface area contributed by atoms with Gasteiger partial charge in [-0.25, -0.2) is 4.99 Å². The van der Waals surface area contributed by atoms with Crippen molar-refractivity contribution in [3.63, 3.8) is 0 Å². The van der Waals surface area contributed by atoms with E-state index in [1.807, 2.05) is 13.2 Å². The molecule has 208 valence electrons. The van der Waals surface area contributed by atoms with Crippen molar-refractivity contribution in [1.82, 2.24) is 24.8 Å². The van der Waals surface area contributed by atoms with Gasteiger partial charge in [0.15, 0.2) is 5.65 Å². The molecular formula is C22H27F3N6O5S2. The molecule has 38 heavy (non-hydrogen) atoms. The lowest BCUT2D eigenvalue weighted by Gasteiger charge is -2.20. The number of hydrogen-bond acceptors (Lipinski definition) is 9. The van der Waals surface area contributed by atoms with Crippen LogP contribution < -0.4 is 10.9 Å². The summed E-state index contributed by atoms with van der Waals surface area (Å²) in [4.78, 5) is 36.8. The Balaban J connectivity index is 1.99. The van der Waals surface area contributed by atoms with Gasteiger partial charge in [-0.2, -0.15) is 18.2 Å². The van der Waals surface area contributed by atoms with Crippen LogP contribution in [0.5, 0.6) is 0 Å². The molecule has 2 aromatic rings. The minimum atomic E-state index is -5.03. The molecule has 0 spiro atoms. The maximum Gasteiger partial charge on any atom is 0.471 e. The van der Waals surface area contributed by atoms with Gasteiger partial charge in [-0.15, -0.1) is 0 Å². The number of rotatable bonds is 9. The number of aromatic amines is 1. The van der Waals surface area contributed by atoms with E-state index in [-0.39, 0.29) is 34.6 Å². The highest BCUT2D eigenvalue weighted by Gasteiger charge is 2.39. The molecule has 16 heteroatoms. The second-order valence-electron chi connectivity index (χ2n) is 8.28. The Morgan fingerprint density at radius 2 is 2.26 bits per heavy atom. The number of aliphatic hydroxyl groups is 1. The molecular weight excluding hydrogens is 549 g/mol. The lowest BCUT2D eigenvalue weighted by Crippen LogP contribution is -2.36. The summed E-state index contributed by atoms with van der Waals surface area (Å²) in [6, 6.07) is 0. The Bertz CT molecular complexity index is 1290. The molecule has 1 aliphatic heterocycles. The monoisotopic (exact) mass is 576 g/mol. The van der Waals surface area contributed by atoms with Gasteiger partial charge < -0.3 is 29.4 Å². The minimum absolute atomic E-state index is 0.0157. The average Bonchev–Trinajstić information content (AvgIpc) is 3.41. The van der Waals surface area contributed by atoms with Gasteiger partial charge in [0.1, 0.15) is 17.8 Å². The first-order valence-electron chi connectivity index (χ1n) is 11.2. The summed E-state index contributed by atoms with van der Waals surface area (Å²) in [7, 11) is 6.54. The van der Waals surface area contributed by atoms with Gasteiger partial charge in [0.05, 0.1) is 36.5 Å². The van der Waals surface area contributed by atoms with Crippen LogP contribution in [0.3, 0.4) is 0 Å². The zero-order valence-electron chi connectivity index (χ0n) is 20.9. The molecule has 0 aliphatic carbocycles. The van der Waals surface area contributed by atoms with E-state index in [0.717, 1.165) is 0 Å². The highest BCUT2D eigenvalue weighted by molar-refractivity contribution is 8.76. The molecule has 3 N–H and O–H groups in total. The van der Waals surface area contributed by atoms with Gasteiger partial charge in [0.2, 0.25) is 5.95 Å². The van der Waals surface area contributed by atoms with Gasteiger partial charge in [0.25, 0.3) is 5.56 Å². The number of ether oxygens (including phenoxy) is 2. The third-order valence-corrected chi connectivity index (χ3v) is 7.13. The fourth-order valence-corrected chi connectivity index (χ4v) is 5.04. The molecule has 1 aliphatic rings. The van der Waals surface area contributed by atoms with Crippen molar-refractivity contribution < 1.29 is 32.5 Å². The number of alkyl halides is 3. The molecule has 1 saturated heterocycles. The number of aromatic nitrogens is 3. The number of amides is 1. The van der Waals surface area contributed by atoms with E-state index in [1.165, 1.54) is 23.3 Å². The number of hydrogen-bond donors (Lipinski definition) is 3. The molecule has 0 saturated carbocycles. The molecule has 0 bridgehead atoms. The third kappa shape index (κ3) is 7.44. The standard InChI is InChI=1S/C22H27F3N6O5S2/c1-12(38-37-4)35-14-8-16(36-15(14)10-32)31-9-13(6-5-7-26-20(34)22(23,24)25)17-18(31)28-21(29-19(17)33)27-11-30(2)3/h9,11-12,14-16,32H,7-8,10H2,1-4H3,(H,26,34)(H,28,29,33)/b27-11-/t12-,14-,15-,16-/m1/s1. The summed E-state index contributed by atoms with van der Waals surface area (Å²) in [6.45, 7) is 0.999. The van der Waals surface area contributed by atoms with E-state index >= 15 is 0 Å². The van der Waals surface area contributed by atoms with Crippen molar-refractivity contribution in [3.05, 3.63) is 22.1 Å². The molecule has 0 radical (unpaired) electrons. The number of halogens is 3. The van der Waals surface area contributed by atoms with Crippen LogP contribution in [-0.4, -0.2) is 94.1 Å². The summed E-state index contributed by atoms with van der Waals surface area (Å²) < 4.78 is 50.9. The van der Waals surface area contributed by atoms with Crippen molar-refractivity contribution in [2.24, 2.45) is 4.99 Å². The number of fused-ring (bicyclic) bond motifs is 1. The second kappa shape index (κ2) is 12.9. The van der Waals surface area contributed by atoms with Crippen LogP contribution in [0.2, 0.25) is 0 Å². The molecule has 1 fully saturated rings. The van der Waals surface area contributed by atoms with E-state index in [1.54, 1.807) is 39.7 Å². The van der Waals surface area contributed by atoms with Gasteiger partial charge in [-0.3, -0.25) is 14.6 Å². The summed E-state index contributed by atoms with van der Waals surface area (Å²) in [5.41, 5.74) is -0.401. The quantitative estimate of drug-likeness (QED) is 0.135. The van der Waals surface area contributed by atoms with Crippen LogP contribution in [0, 0.1) is 11.8 Å². The van der Waals surface area contributed by atoms with Crippen molar-refractivity contribution in [2.75, 3.05) is 33.5 Å². The fourth-order valence-electron chi connectivity index (χ4n) is 3.64. The van der Waals surface area contributed by atoms with Crippen LogP contribution in [0.1, 0.15) is 25.1 Å². The largest absolute Gasteiger partial charge is 0.471 e. The number of aliphatic imine (C=N–C) groups is 1. The normalized spacial score (nSPS) is 20.5. The second-order valence-corrected chi connectivity index (χ2v) is 11.0. The first kappa shape index (κ1) is 29.8. The fraction of sp³-hybridized carbons (Fsp3) is 0.545. The van der Waals surface area contributed by atoms with Crippen molar-refractivity contribution in [3.8, 4) is 11.8 Å². The van der Waals surface area contributed by atoms with E-state index < -0.39 is 42.6 Å². The molecule has 4 atom stereocenters. The lowest BCUT2D eigenvalue weighted by atomic mass is 10.2. The van der Waals surface area contributed by atoms with E-state index in [2.05, 4.69) is 26.8 Å². The van der Waals surface area contributed by atoms with Crippen molar-refractivity contribution >= 4 is 50.8 Å². The lowest BCUT2D eigenvalue weighted by molar-refractivity contribution is -0.173. The summed E-state index contributed by atoms with van der Waals surface area (Å²) >= 11 is 0. The zero-order chi connectivity index (χ0) is 28.0. The van der Waals surface area contributed by atoms with Crippen LogP contribution >= 0.6 is 21.6 Å². The van der Waals surface area contributed by atoms with Crippen molar-refractivity contribution in [1.29, 1.82) is 0 Å². The maximum absolute atomic E-state index is 13.0. The highest BCUT2D eigenvalue weighted by Crippen LogP contribution is 2.36. The number of nitrogens with zero attached hydrogens (tertiary/aromatic N) is 4. The molecule has 3 heterocycles. The third-order valence-electron chi connectivity index (χ3n) is 5.17. The molecule has 0 unspecified atom stereocenters. The number of nitrogens with one attached hydrogen (secondary N) is 2. The first-order valence-corrected chi connectivity index (χ1v) is 13.9. The smallest absolute Gasteiger partial charge is 0.394 e. The topological polar surface area (TPSA) is 134 Å². The number of H-pyrrole nitrogens is 1. The molecule has 2 aromatic heterocycles. The van der Waals surface area contributed by atoms with E-state index in [9.17, 15) is 27.9 Å². The Kier molecular flexibility index (Phi) is 10.1. The maximum atomic E-state index is 13.0. The number of aliphatic hydroxyl groups excluding tert-OH is 1. The Labute approximate surface area is 223 Å². The minimum Gasteiger partial charge on any atom is -0.394 e. The summed E-state index contributed by atoms with van der Waals surface area (Å²) in [6.07, 6.45) is -1.61. The SMILES string of the molecule is CSS[C@H](C)O[C@@H]1C[C@H](n2cc(C#CCNC(=O)C(F)(F)F)c3c(=O)[nH]c(/N=C\N(C)C)nc32)O[C@@H]1CO. The van der Waals surface area contributed by atoms with Crippen LogP contribution in [-0.2, 0) is 14.3 Å². The highest BCUT2D eigenvalue weighted by atomic mass is 33.1. The summed E-state index contributed by atoms with van der Waals surface area (Å²) in [5.74, 6) is 2.96. The molecule has 0 aromatic carbocycles. The Morgan fingerprint density at radius 3 is 2.89 bits per heavy atom. The van der Waals surface area contributed by atoms with E-state index in [0.29, 0.717) is 6.42 Å². The predicted octanol–water partition coefficient (Wildman–Crippen LogP) is 2.00.